The zero-order valence-electron chi connectivity index (χ0n) is 15.4. The summed E-state index contributed by atoms with van der Waals surface area (Å²) in [6, 6.07) is 15.8. The minimum atomic E-state index is -3.66. The van der Waals surface area contributed by atoms with Crippen LogP contribution in [-0.4, -0.2) is 19.3 Å². The van der Waals surface area contributed by atoms with Gasteiger partial charge in [0.25, 0.3) is 10.0 Å². The van der Waals surface area contributed by atoms with E-state index < -0.39 is 10.0 Å². The van der Waals surface area contributed by atoms with Gasteiger partial charge in [-0.05, 0) is 36.6 Å². The van der Waals surface area contributed by atoms with Crippen molar-refractivity contribution in [3.05, 3.63) is 71.2 Å². The number of amides is 1. The van der Waals surface area contributed by atoms with Crippen LogP contribution in [-0.2, 0) is 27.7 Å². The van der Waals surface area contributed by atoms with Crippen LogP contribution in [0.25, 0.3) is 0 Å². The average molecular weight is 416 g/mol. The van der Waals surface area contributed by atoms with Crippen molar-refractivity contribution in [2.24, 2.45) is 0 Å². The highest BCUT2D eigenvalue weighted by atomic mass is 32.2. The van der Waals surface area contributed by atoms with Crippen molar-refractivity contribution >= 4 is 38.1 Å². The third-order valence-electron chi connectivity index (χ3n) is 4.11. The number of aromatic nitrogens is 1. The fourth-order valence-corrected chi connectivity index (χ4v) is 4.67. The van der Waals surface area contributed by atoms with E-state index in [1.807, 2.05) is 31.2 Å². The monoisotopic (exact) mass is 415 g/mol. The Bertz CT molecular complexity index is 1050. The molecule has 6 nitrogen and oxygen atoms in total. The topological polar surface area (TPSA) is 88.2 Å². The van der Waals surface area contributed by atoms with Crippen molar-refractivity contribution in [2.75, 3.05) is 10.0 Å². The lowest BCUT2D eigenvalue weighted by Crippen LogP contribution is -2.14. The normalized spacial score (nSPS) is 11.2. The number of carbonyl (C=O) groups excluding carboxylic acids is 1. The number of benzene rings is 2. The fourth-order valence-electron chi connectivity index (χ4n) is 2.65. The Morgan fingerprint density at radius 3 is 2.54 bits per heavy atom. The molecule has 1 heterocycles. The predicted molar refractivity (Wildman–Crippen MR) is 112 cm³/mol. The number of para-hydroxylation sites is 1. The van der Waals surface area contributed by atoms with E-state index in [0.29, 0.717) is 12.1 Å². The molecule has 0 aliphatic carbocycles. The number of anilines is 2. The predicted octanol–water partition coefficient (Wildman–Crippen LogP) is 4.08. The molecule has 0 unspecified atom stereocenters. The molecule has 3 rings (SSSR count). The van der Waals surface area contributed by atoms with Gasteiger partial charge in [0, 0.05) is 17.5 Å². The number of rotatable bonds is 8. The maximum Gasteiger partial charge on any atom is 0.263 e. The second-order valence-corrected chi connectivity index (χ2v) is 8.66. The van der Waals surface area contributed by atoms with Crippen LogP contribution >= 0.6 is 11.3 Å². The SMILES string of the molecule is CCc1ccccc1NC(=O)CCc1csc(NS(=O)(=O)c2ccccc2)n1. The van der Waals surface area contributed by atoms with Gasteiger partial charge in [-0.25, -0.2) is 13.4 Å². The number of hydrogen-bond acceptors (Lipinski definition) is 5. The number of sulfonamides is 1. The zero-order valence-corrected chi connectivity index (χ0v) is 17.0. The van der Waals surface area contributed by atoms with Gasteiger partial charge in [0.15, 0.2) is 5.13 Å². The van der Waals surface area contributed by atoms with Gasteiger partial charge in [0.05, 0.1) is 10.6 Å². The van der Waals surface area contributed by atoms with E-state index in [4.69, 9.17) is 0 Å². The molecular formula is C20H21N3O3S2. The second-order valence-electron chi connectivity index (χ2n) is 6.12. The molecule has 0 spiro atoms. The lowest BCUT2D eigenvalue weighted by Gasteiger charge is -2.09. The summed E-state index contributed by atoms with van der Waals surface area (Å²) in [7, 11) is -3.66. The minimum absolute atomic E-state index is 0.0969. The number of hydrogen-bond donors (Lipinski definition) is 2. The maximum absolute atomic E-state index is 12.3. The third-order valence-corrected chi connectivity index (χ3v) is 6.40. The smallest absolute Gasteiger partial charge is 0.263 e. The lowest BCUT2D eigenvalue weighted by molar-refractivity contribution is -0.116. The van der Waals surface area contributed by atoms with E-state index in [1.54, 1.807) is 23.6 Å². The number of aryl methyl sites for hydroxylation is 2. The Kier molecular flexibility index (Phi) is 6.43. The number of nitrogens with one attached hydrogen (secondary N) is 2. The van der Waals surface area contributed by atoms with E-state index in [2.05, 4.69) is 15.0 Å². The molecule has 146 valence electrons. The molecule has 8 heteroatoms. The van der Waals surface area contributed by atoms with Gasteiger partial charge in [-0.3, -0.25) is 9.52 Å². The molecular weight excluding hydrogens is 394 g/mol. The van der Waals surface area contributed by atoms with Crippen LogP contribution in [0.3, 0.4) is 0 Å². The van der Waals surface area contributed by atoms with Gasteiger partial charge >= 0.3 is 0 Å². The van der Waals surface area contributed by atoms with E-state index in [0.717, 1.165) is 17.7 Å². The van der Waals surface area contributed by atoms with Crippen molar-refractivity contribution < 1.29 is 13.2 Å². The quantitative estimate of drug-likeness (QED) is 0.580. The van der Waals surface area contributed by atoms with E-state index in [-0.39, 0.29) is 22.4 Å². The highest BCUT2D eigenvalue weighted by Crippen LogP contribution is 2.21. The zero-order chi connectivity index (χ0) is 20.0. The highest BCUT2D eigenvalue weighted by Gasteiger charge is 2.16. The van der Waals surface area contributed by atoms with Crippen LogP contribution < -0.4 is 10.0 Å². The van der Waals surface area contributed by atoms with E-state index >= 15 is 0 Å². The van der Waals surface area contributed by atoms with Crippen LogP contribution in [0, 0.1) is 0 Å². The van der Waals surface area contributed by atoms with Crippen molar-refractivity contribution in [1.82, 2.24) is 4.98 Å². The summed E-state index contributed by atoms with van der Waals surface area (Å²) in [6.07, 6.45) is 1.55. The summed E-state index contributed by atoms with van der Waals surface area (Å²) in [5, 5.41) is 4.97. The highest BCUT2D eigenvalue weighted by molar-refractivity contribution is 7.93. The number of thiazole rings is 1. The van der Waals surface area contributed by atoms with Crippen LogP contribution in [0.15, 0.2) is 64.9 Å². The minimum Gasteiger partial charge on any atom is -0.326 e. The fraction of sp³-hybridized carbons (Fsp3) is 0.200. The van der Waals surface area contributed by atoms with E-state index in [1.165, 1.54) is 23.5 Å². The summed E-state index contributed by atoms with van der Waals surface area (Å²) in [4.78, 5) is 16.7. The molecule has 0 aliphatic rings. The molecule has 0 saturated heterocycles. The van der Waals surface area contributed by atoms with Gasteiger partial charge in [-0.15, -0.1) is 11.3 Å². The first kappa shape index (κ1) is 20.0. The summed E-state index contributed by atoms with van der Waals surface area (Å²) < 4.78 is 27.1. The van der Waals surface area contributed by atoms with Crippen LogP contribution in [0.2, 0.25) is 0 Å². The molecule has 0 radical (unpaired) electrons. The summed E-state index contributed by atoms with van der Waals surface area (Å²) in [6.45, 7) is 2.04. The molecule has 1 aromatic heterocycles. The summed E-state index contributed by atoms with van der Waals surface area (Å²) in [5.41, 5.74) is 2.58. The Morgan fingerprint density at radius 1 is 1.07 bits per heavy atom. The molecule has 0 aliphatic heterocycles. The molecule has 2 aromatic carbocycles. The number of nitrogens with zero attached hydrogens (tertiary/aromatic N) is 1. The van der Waals surface area contributed by atoms with Crippen LogP contribution in [0.1, 0.15) is 24.6 Å². The molecule has 1 amide bonds. The standard InChI is InChI=1S/C20H21N3O3S2/c1-2-15-8-6-7-11-18(15)22-19(24)13-12-16-14-27-20(21-16)23-28(25,26)17-9-4-3-5-10-17/h3-11,14H,2,12-13H2,1H3,(H,21,23)(H,22,24). The first-order valence-corrected chi connectivity index (χ1v) is 11.2. The Labute approximate surface area is 168 Å². The summed E-state index contributed by atoms with van der Waals surface area (Å²) in [5.74, 6) is -0.0969. The molecule has 0 saturated carbocycles. The molecule has 0 fully saturated rings. The first-order chi connectivity index (χ1) is 13.5. The van der Waals surface area contributed by atoms with Crippen LogP contribution in [0.4, 0.5) is 10.8 Å². The van der Waals surface area contributed by atoms with Gasteiger partial charge < -0.3 is 5.32 Å². The van der Waals surface area contributed by atoms with Gasteiger partial charge in [-0.1, -0.05) is 43.3 Å². The van der Waals surface area contributed by atoms with Crippen molar-refractivity contribution in [3.8, 4) is 0 Å². The van der Waals surface area contributed by atoms with Gasteiger partial charge in [0.1, 0.15) is 0 Å². The Morgan fingerprint density at radius 2 is 1.79 bits per heavy atom. The Hall–Kier alpha value is -2.71. The van der Waals surface area contributed by atoms with Crippen molar-refractivity contribution in [3.63, 3.8) is 0 Å². The molecule has 3 aromatic rings. The molecule has 2 N–H and O–H groups in total. The molecule has 0 atom stereocenters. The maximum atomic E-state index is 12.3. The van der Waals surface area contributed by atoms with Crippen molar-refractivity contribution in [1.29, 1.82) is 0 Å². The van der Waals surface area contributed by atoms with E-state index in [9.17, 15) is 13.2 Å². The van der Waals surface area contributed by atoms with Gasteiger partial charge in [0.2, 0.25) is 5.91 Å². The van der Waals surface area contributed by atoms with Crippen molar-refractivity contribution in [2.45, 2.75) is 31.1 Å². The summed E-state index contributed by atoms with van der Waals surface area (Å²) >= 11 is 1.20. The molecule has 0 bridgehead atoms. The average Bonchev–Trinajstić information content (AvgIpc) is 3.14. The third kappa shape index (κ3) is 5.17. The molecule has 28 heavy (non-hydrogen) atoms. The largest absolute Gasteiger partial charge is 0.326 e. The first-order valence-electron chi connectivity index (χ1n) is 8.88. The number of carbonyl (C=O) groups is 1. The lowest BCUT2D eigenvalue weighted by atomic mass is 10.1. The second kappa shape index (κ2) is 8.99. The Balaban J connectivity index is 1.57. The van der Waals surface area contributed by atoms with Gasteiger partial charge in [-0.2, -0.15) is 0 Å². The van der Waals surface area contributed by atoms with Crippen LogP contribution in [0.5, 0.6) is 0 Å².